The van der Waals surface area contributed by atoms with Crippen LogP contribution in [0.3, 0.4) is 0 Å². The molecule has 34 heavy (non-hydrogen) atoms. The molecule has 0 aromatic heterocycles. The molecule has 4 N–H and O–H groups in total. The largest absolute Gasteiger partial charge is 0.446 e. The number of benzene rings is 2. The van der Waals surface area contributed by atoms with E-state index in [2.05, 4.69) is 9.98 Å². The average molecular weight is 489 g/mol. The molecule has 2 aromatic rings. The molecule has 0 bridgehead atoms. The summed E-state index contributed by atoms with van der Waals surface area (Å²) in [7, 11) is 0. The molecule has 0 atom stereocenters. The van der Waals surface area contributed by atoms with Crippen LogP contribution >= 0.6 is 0 Å². The van der Waals surface area contributed by atoms with Gasteiger partial charge in [0.1, 0.15) is 5.66 Å². The van der Waals surface area contributed by atoms with Crippen LogP contribution in [0.25, 0.3) is 0 Å². The van der Waals surface area contributed by atoms with Crippen LogP contribution in [-0.4, -0.2) is 17.6 Å². The van der Waals surface area contributed by atoms with Crippen LogP contribution in [0.4, 0.5) is 36.4 Å². The molecule has 1 spiro atoms. The molecule has 0 radical (unpaired) electrons. The minimum atomic E-state index is -5.04. The smallest absolute Gasteiger partial charge is 0.416 e. The summed E-state index contributed by atoms with van der Waals surface area (Å²) in [4.78, 5) is 9.47. The molecular weight excluding hydrogens is 471 g/mol. The molecule has 182 valence electrons. The number of nitrogens with zero attached hydrogens (tertiary/aromatic N) is 3. The minimum absolute atomic E-state index is 0.0143. The van der Waals surface area contributed by atoms with Crippen LogP contribution in [-0.2, 0) is 6.18 Å². The number of alkyl halides is 3. The van der Waals surface area contributed by atoms with Crippen molar-refractivity contribution in [3.05, 3.63) is 53.1 Å². The summed E-state index contributed by atoms with van der Waals surface area (Å²) >= 11 is 0. The van der Waals surface area contributed by atoms with Crippen LogP contribution in [0, 0.1) is 23.3 Å². The third kappa shape index (κ3) is 4.10. The van der Waals surface area contributed by atoms with E-state index in [1.807, 2.05) is 0 Å². The Morgan fingerprint density at radius 2 is 1.50 bits per heavy atom. The molecule has 1 aliphatic heterocycles. The molecule has 4 rings (SSSR count). The molecule has 0 amide bonds. The Labute approximate surface area is 188 Å². The van der Waals surface area contributed by atoms with Gasteiger partial charge in [-0.25, -0.2) is 18.2 Å². The van der Waals surface area contributed by atoms with Gasteiger partial charge in [-0.15, -0.1) is 0 Å². The Morgan fingerprint density at radius 3 is 2.09 bits per heavy atom. The van der Waals surface area contributed by atoms with E-state index in [9.17, 15) is 30.7 Å². The van der Waals surface area contributed by atoms with Gasteiger partial charge in [0.05, 0.1) is 11.3 Å². The molecule has 2 aromatic carbocycles. The molecule has 2 aliphatic rings. The normalized spacial score (nSPS) is 18.0. The van der Waals surface area contributed by atoms with E-state index in [0.29, 0.717) is 25.7 Å². The average Bonchev–Trinajstić information content (AvgIpc) is 2.74. The maximum atomic E-state index is 14.9. The lowest BCUT2D eigenvalue weighted by molar-refractivity contribution is -0.138. The van der Waals surface area contributed by atoms with Gasteiger partial charge in [0.25, 0.3) is 0 Å². The highest BCUT2D eigenvalue weighted by molar-refractivity contribution is 6.06. The highest BCUT2D eigenvalue weighted by atomic mass is 19.4. The lowest BCUT2D eigenvalue weighted by Gasteiger charge is -2.45. The van der Waals surface area contributed by atoms with Crippen LogP contribution in [0.15, 0.2) is 34.3 Å². The quantitative estimate of drug-likeness (QED) is 0.583. The van der Waals surface area contributed by atoms with Gasteiger partial charge in [-0.2, -0.15) is 22.6 Å². The van der Waals surface area contributed by atoms with Gasteiger partial charge < -0.3 is 16.2 Å². The Kier molecular flexibility index (Phi) is 5.82. The van der Waals surface area contributed by atoms with Crippen LogP contribution in [0.2, 0.25) is 0 Å². The second-order valence-electron chi connectivity index (χ2n) is 7.90. The SMILES string of the molecule is NC1=NC2(CCCCC2)N(c2ccc(F)c(F)c2Oc2c(F)cc(C(F)(F)F)cc2F)C(N)=N1. The zero-order valence-electron chi connectivity index (χ0n) is 17.4. The summed E-state index contributed by atoms with van der Waals surface area (Å²) in [6.45, 7) is 0. The first kappa shape index (κ1) is 23.6. The molecule has 0 unspecified atom stereocenters. The van der Waals surface area contributed by atoms with E-state index in [1.165, 1.54) is 4.90 Å². The molecular formula is C21H18F7N5O. The van der Waals surface area contributed by atoms with Crippen LogP contribution in [0.1, 0.15) is 37.7 Å². The Morgan fingerprint density at radius 1 is 0.882 bits per heavy atom. The highest BCUT2D eigenvalue weighted by Crippen LogP contribution is 2.46. The standard InChI is InChI=1S/C21H18F7N5O/c22-11-4-5-14(33-19(30)31-18(29)32-20(33)6-2-1-3-7-20)17(15(11)25)34-16-12(23)8-10(9-13(16)24)21(26,27)28/h4-5,8-9H,1-3,6-7H2,(H4,29,30,31,32). The van der Waals surface area contributed by atoms with E-state index in [-0.39, 0.29) is 29.7 Å². The predicted octanol–water partition coefficient (Wildman–Crippen LogP) is 5.16. The second kappa shape index (κ2) is 8.37. The number of ether oxygens (including phenoxy) is 1. The maximum Gasteiger partial charge on any atom is 0.416 e. The van der Waals surface area contributed by atoms with Crippen molar-refractivity contribution in [1.29, 1.82) is 0 Å². The fraction of sp³-hybridized carbons (Fsp3) is 0.333. The van der Waals surface area contributed by atoms with Crippen molar-refractivity contribution in [1.82, 2.24) is 0 Å². The first-order valence-corrected chi connectivity index (χ1v) is 10.1. The van der Waals surface area contributed by atoms with Crippen LogP contribution in [0.5, 0.6) is 11.5 Å². The lowest BCUT2D eigenvalue weighted by Crippen LogP contribution is -2.58. The number of halogens is 7. The molecule has 1 aliphatic carbocycles. The Balaban J connectivity index is 1.86. The molecule has 0 saturated heterocycles. The van der Waals surface area contributed by atoms with Gasteiger partial charge in [0, 0.05) is 0 Å². The van der Waals surface area contributed by atoms with E-state index < -0.39 is 52.2 Å². The van der Waals surface area contributed by atoms with Gasteiger partial charge >= 0.3 is 6.18 Å². The van der Waals surface area contributed by atoms with Gasteiger partial charge in [0.2, 0.25) is 17.7 Å². The van der Waals surface area contributed by atoms with E-state index in [1.54, 1.807) is 0 Å². The zero-order valence-corrected chi connectivity index (χ0v) is 17.4. The summed E-state index contributed by atoms with van der Waals surface area (Å²) in [6, 6.07) is 1.76. The monoisotopic (exact) mass is 489 g/mol. The summed E-state index contributed by atoms with van der Waals surface area (Å²) in [6.07, 6.45) is -2.02. The third-order valence-corrected chi connectivity index (χ3v) is 5.65. The van der Waals surface area contributed by atoms with Gasteiger partial charge in [0.15, 0.2) is 29.0 Å². The number of rotatable bonds is 3. The molecule has 1 heterocycles. The van der Waals surface area contributed by atoms with Crippen molar-refractivity contribution in [2.45, 2.75) is 43.9 Å². The fourth-order valence-corrected chi connectivity index (χ4v) is 4.19. The summed E-state index contributed by atoms with van der Waals surface area (Å²) in [5.41, 5.74) is 8.79. The number of anilines is 1. The van der Waals surface area contributed by atoms with Crippen molar-refractivity contribution in [3.63, 3.8) is 0 Å². The lowest BCUT2D eigenvalue weighted by atomic mass is 9.87. The van der Waals surface area contributed by atoms with E-state index in [0.717, 1.165) is 18.6 Å². The maximum absolute atomic E-state index is 14.9. The number of aliphatic imine (C=N–C) groups is 2. The Hall–Kier alpha value is -3.51. The zero-order chi connectivity index (χ0) is 24.8. The number of nitrogens with two attached hydrogens (primary N) is 2. The molecule has 6 nitrogen and oxygen atoms in total. The minimum Gasteiger partial charge on any atom is -0.446 e. The second-order valence-corrected chi connectivity index (χ2v) is 7.90. The van der Waals surface area contributed by atoms with Gasteiger partial charge in [-0.1, -0.05) is 6.42 Å². The third-order valence-electron chi connectivity index (χ3n) is 5.65. The van der Waals surface area contributed by atoms with E-state index in [4.69, 9.17) is 16.2 Å². The van der Waals surface area contributed by atoms with Gasteiger partial charge in [-0.3, -0.25) is 4.90 Å². The number of guanidine groups is 2. The number of hydrogen-bond donors (Lipinski definition) is 2. The summed E-state index contributed by atoms with van der Waals surface area (Å²) in [5, 5.41) is 0. The van der Waals surface area contributed by atoms with Crippen LogP contribution < -0.4 is 21.1 Å². The highest BCUT2D eigenvalue weighted by Gasteiger charge is 2.44. The molecule has 13 heteroatoms. The van der Waals surface area contributed by atoms with Crippen molar-refractivity contribution in [3.8, 4) is 11.5 Å². The predicted molar refractivity (Wildman–Crippen MR) is 109 cm³/mol. The Bertz CT molecular complexity index is 1170. The van der Waals surface area contributed by atoms with Crippen molar-refractivity contribution >= 4 is 17.6 Å². The van der Waals surface area contributed by atoms with Crippen molar-refractivity contribution in [2.24, 2.45) is 21.5 Å². The topological polar surface area (TPSA) is 89.2 Å². The number of hydrogen-bond acceptors (Lipinski definition) is 6. The van der Waals surface area contributed by atoms with Gasteiger partial charge in [-0.05, 0) is 49.9 Å². The molecule has 1 fully saturated rings. The first-order chi connectivity index (χ1) is 15.9. The van der Waals surface area contributed by atoms with E-state index >= 15 is 0 Å². The first-order valence-electron chi connectivity index (χ1n) is 10.1. The molecule has 1 saturated carbocycles. The van der Waals surface area contributed by atoms with Crippen molar-refractivity contribution in [2.75, 3.05) is 4.90 Å². The fourth-order valence-electron chi connectivity index (χ4n) is 4.19. The summed E-state index contributed by atoms with van der Waals surface area (Å²) < 4.78 is 102. The summed E-state index contributed by atoms with van der Waals surface area (Å²) in [5.74, 6) is -9.35. The van der Waals surface area contributed by atoms with Crippen molar-refractivity contribution < 1.29 is 35.5 Å².